The summed E-state index contributed by atoms with van der Waals surface area (Å²) < 4.78 is 5.41. The van der Waals surface area contributed by atoms with Crippen LogP contribution in [0, 0.1) is 5.92 Å². The molecule has 0 aromatic rings. The van der Waals surface area contributed by atoms with Crippen molar-refractivity contribution >= 4 is 0 Å². The lowest BCUT2D eigenvalue weighted by molar-refractivity contribution is 0.357. The maximum atomic E-state index is 5.41. The molecule has 2 rings (SSSR count). The molecule has 0 amide bonds. The van der Waals surface area contributed by atoms with Crippen LogP contribution in [0.3, 0.4) is 0 Å². The summed E-state index contributed by atoms with van der Waals surface area (Å²) in [5.41, 5.74) is 0. The van der Waals surface area contributed by atoms with E-state index in [4.69, 9.17) is 4.74 Å². The first-order valence-electron chi connectivity index (χ1n) is 4.05. The monoisotopic (exact) mass is 126 g/mol. The van der Waals surface area contributed by atoms with Crippen LogP contribution in [0.2, 0.25) is 0 Å². The minimum atomic E-state index is 0.684. The SMILES string of the molecule is CCC1CCC2O[C@@H]2C1. The molecule has 2 fully saturated rings. The van der Waals surface area contributed by atoms with Gasteiger partial charge in [-0.25, -0.2) is 0 Å². The maximum Gasteiger partial charge on any atom is 0.0844 e. The highest BCUT2D eigenvalue weighted by atomic mass is 16.6. The molecule has 2 unspecified atom stereocenters. The Morgan fingerprint density at radius 2 is 2.22 bits per heavy atom. The highest BCUT2D eigenvalue weighted by Gasteiger charge is 2.43. The highest BCUT2D eigenvalue weighted by Crippen LogP contribution is 2.40. The van der Waals surface area contributed by atoms with Gasteiger partial charge in [-0.05, 0) is 25.2 Å². The van der Waals surface area contributed by atoms with Gasteiger partial charge in [-0.2, -0.15) is 0 Å². The number of epoxide rings is 1. The fraction of sp³-hybridized carbons (Fsp3) is 1.00. The zero-order chi connectivity index (χ0) is 6.27. The van der Waals surface area contributed by atoms with Crippen molar-refractivity contribution in [3.8, 4) is 0 Å². The molecule has 3 atom stereocenters. The van der Waals surface area contributed by atoms with Gasteiger partial charge in [0.2, 0.25) is 0 Å². The second-order valence-corrected chi connectivity index (χ2v) is 3.30. The van der Waals surface area contributed by atoms with E-state index in [1.165, 1.54) is 25.7 Å². The van der Waals surface area contributed by atoms with Crippen molar-refractivity contribution < 1.29 is 4.74 Å². The van der Waals surface area contributed by atoms with Crippen LogP contribution >= 0.6 is 0 Å². The zero-order valence-electron chi connectivity index (χ0n) is 5.97. The van der Waals surface area contributed by atoms with Crippen LogP contribution in [0.25, 0.3) is 0 Å². The van der Waals surface area contributed by atoms with E-state index in [1.807, 2.05) is 0 Å². The Balaban J connectivity index is 1.86. The predicted octanol–water partition coefficient (Wildman–Crippen LogP) is 1.96. The normalized spacial score (nSPS) is 48.3. The van der Waals surface area contributed by atoms with E-state index >= 15 is 0 Å². The van der Waals surface area contributed by atoms with Crippen LogP contribution in [0.4, 0.5) is 0 Å². The lowest BCUT2D eigenvalue weighted by Crippen LogP contribution is -2.11. The summed E-state index contributed by atoms with van der Waals surface area (Å²) in [4.78, 5) is 0. The van der Waals surface area contributed by atoms with Gasteiger partial charge in [0.1, 0.15) is 0 Å². The summed E-state index contributed by atoms with van der Waals surface area (Å²) >= 11 is 0. The Hall–Kier alpha value is -0.0400. The van der Waals surface area contributed by atoms with Gasteiger partial charge in [0.25, 0.3) is 0 Å². The molecule has 1 nitrogen and oxygen atoms in total. The molecule has 0 spiro atoms. The van der Waals surface area contributed by atoms with Crippen molar-refractivity contribution in [2.24, 2.45) is 5.92 Å². The van der Waals surface area contributed by atoms with Gasteiger partial charge < -0.3 is 4.74 Å². The Bertz CT molecular complexity index is 111. The zero-order valence-corrected chi connectivity index (χ0v) is 5.97. The fourth-order valence-corrected chi connectivity index (χ4v) is 1.86. The third kappa shape index (κ3) is 0.983. The molecule has 9 heavy (non-hydrogen) atoms. The molecule has 52 valence electrons. The molecule has 0 aromatic carbocycles. The van der Waals surface area contributed by atoms with E-state index < -0.39 is 0 Å². The van der Waals surface area contributed by atoms with E-state index in [9.17, 15) is 0 Å². The van der Waals surface area contributed by atoms with E-state index in [-0.39, 0.29) is 0 Å². The first-order chi connectivity index (χ1) is 4.40. The predicted molar refractivity (Wildman–Crippen MR) is 36.3 cm³/mol. The second-order valence-electron chi connectivity index (χ2n) is 3.30. The lowest BCUT2D eigenvalue weighted by atomic mass is 9.88. The largest absolute Gasteiger partial charge is 0.370 e. The van der Waals surface area contributed by atoms with E-state index in [2.05, 4.69) is 6.92 Å². The molecule has 1 saturated carbocycles. The number of ether oxygens (including phenoxy) is 1. The van der Waals surface area contributed by atoms with Crippen LogP contribution in [0.15, 0.2) is 0 Å². The van der Waals surface area contributed by atoms with Gasteiger partial charge in [-0.1, -0.05) is 13.3 Å². The molecular formula is C8H14O. The Morgan fingerprint density at radius 3 is 2.89 bits per heavy atom. The molecule has 0 aromatic heterocycles. The van der Waals surface area contributed by atoms with Crippen LogP contribution in [0.5, 0.6) is 0 Å². The van der Waals surface area contributed by atoms with Gasteiger partial charge in [0.05, 0.1) is 12.2 Å². The van der Waals surface area contributed by atoms with Crippen LogP contribution in [-0.2, 0) is 4.74 Å². The molecule has 1 heterocycles. The molecular weight excluding hydrogens is 112 g/mol. The summed E-state index contributed by atoms with van der Waals surface area (Å²) in [6, 6.07) is 0. The molecule has 0 radical (unpaired) electrons. The van der Waals surface area contributed by atoms with Crippen LogP contribution in [0.1, 0.15) is 32.6 Å². The van der Waals surface area contributed by atoms with E-state index in [1.54, 1.807) is 0 Å². The maximum absolute atomic E-state index is 5.41. The number of hydrogen-bond acceptors (Lipinski definition) is 1. The van der Waals surface area contributed by atoms with Gasteiger partial charge in [0, 0.05) is 0 Å². The number of hydrogen-bond donors (Lipinski definition) is 0. The van der Waals surface area contributed by atoms with Gasteiger partial charge in [0.15, 0.2) is 0 Å². The van der Waals surface area contributed by atoms with E-state index in [0.29, 0.717) is 12.2 Å². The fourth-order valence-electron chi connectivity index (χ4n) is 1.86. The smallest absolute Gasteiger partial charge is 0.0844 e. The van der Waals surface area contributed by atoms with Crippen LogP contribution in [-0.4, -0.2) is 12.2 Å². The standard InChI is InChI=1S/C8H14O/c1-2-6-3-4-7-8(5-6)9-7/h6-8H,2-5H2,1H3/t6?,7?,8-/m1/s1. The lowest BCUT2D eigenvalue weighted by Gasteiger charge is -2.15. The second kappa shape index (κ2) is 1.98. The first-order valence-corrected chi connectivity index (χ1v) is 4.05. The molecule has 0 N–H and O–H groups in total. The summed E-state index contributed by atoms with van der Waals surface area (Å²) in [7, 11) is 0. The Kier molecular flexibility index (Phi) is 1.26. The number of rotatable bonds is 1. The first kappa shape index (κ1) is 5.72. The molecule has 1 aliphatic heterocycles. The highest BCUT2D eigenvalue weighted by molar-refractivity contribution is 4.91. The molecule has 0 bridgehead atoms. The molecule has 1 aliphatic carbocycles. The minimum absolute atomic E-state index is 0.684. The average Bonchev–Trinajstić information content (AvgIpc) is 2.64. The quantitative estimate of drug-likeness (QED) is 0.489. The van der Waals surface area contributed by atoms with Gasteiger partial charge >= 0.3 is 0 Å². The molecule has 2 aliphatic rings. The van der Waals surface area contributed by atoms with Crippen molar-refractivity contribution in [3.05, 3.63) is 0 Å². The third-order valence-corrected chi connectivity index (χ3v) is 2.69. The van der Waals surface area contributed by atoms with Crippen molar-refractivity contribution in [2.45, 2.75) is 44.8 Å². The van der Waals surface area contributed by atoms with Gasteiger partial charge in [-0.15, -0.1) is 0 Å². The third-order valence-electron chi connectivity index (χ3n) is 2.69. The summed E-state index contributed by atoms with van der Waals surface area (Å²) in [5.74, 6) is 0.980. The molecule has 1 saturated heterocycles. The summed E-state index contributed by atoms with van der Waals surface area (Å²) in [6.07, 6.45) is 6.82. The Labute approximate surface area is 56.4 Å². The van der Waals surface area contributed by atoms with Crippen LogP contribution < -0.4 is 0 Å². The Morgan fingerprint density at radius 1 is 1.33 bits per heavy atom. The van der Waals surface area contributed by atoms with Crippen molar-refractivity contribution in [1.82, 2.24) is 0 Å². The van der Waals surface area contributed by atoms with Crippen molar-refractivity contribution in [3.63, 3.8) is 0 Å². The summed E-state index contributed by atoms with van der Waals surface area (Å²) in [5, 5.41) is 0. The molecule has 1 heteroatoms. The van der Waals surface area contributed by atoms with Crippen molar-refractivity contribution in [1.29, 1.82) is 0 Å². The topological polar surface area (TPSA) is 12.5 Å². The minimum Gasteiger partial charge on any atom is -0.370 e. The van der Waals surface area contributed by atoms with Crippen molar-refractivity contribution in [2.75, 3.05) is 0 Å². The number of fused-ring (bicyclic) bond motifs is 1. The van der Waals surface area contributed by atoms with E-state index in [0.717, 1.165) is 5.92 Å². The van der Waals surface area contributed by atoms with Gasteiger partial charge in [-0.3, -0.25) is 0 Å². The average molecular weight is 126 g/mol. The summed E-state index contributed by atoms with van der Waals surface area (Å²) in [6.45, 7) is 2.29.